The summed E-state index contributed by atoms with van der Waals surface area (Å²) < 4.78 is 0. The van der Waals surface area contributed by atoms with Crippen LogP contribution in [-0.2, 0) is 4.79 Å². The summed E-state index contributed by atoms with van der Waals surface area (Å²) in [7, 11) is 0. The molecule has 2 saturated heterocycles. The summed E-state index contributed by atoms with van der Waals surface area (Å²) in [6.45, 7) is 4.91. The number of halogens is 1. The number of piperidine rings is 1. The molecule has 0 bridgehead atoms. The number of benzene rings is 1. The lowest BCUT2D eigenvalue weighted by Gasteiger charge is -2.32. The molecule has 2 heterocycles. The molecule has 0 unspecified atom stereocenters. The monoisotopic (exact) mass is 280 g/mol. The highest BCUT2D eigenvalue weighted by atomic mass is 35.5. The van der Waals surface area contributed by atoms with Crippen LogP contribution in [0.2, 0.25) is 0 Å². The van der Waals surface area contributed by atoms with Crippen LogP contribution in [0.15, 0.2) is 24.3 Å². The molecule has 3 rings (SSSR count). The van der Waals surface area contributed by atoms with Crippen molar-refractivity contribution in [3.63, 3.8) is 0 Å². The summed E-state index contributed by atoms with van der Waals surface area (Å²) in [6, 6.07) is 8.26. The van der Waals surface area contributed by atoms with E-state index in [2.05, 4.69) is 24.4 Å². The first-order valence-corrected chi connectivity index (χ1v) is 6.81. The summed E-state index contributed by atoms with van der Waals surface area (Å²) in [4.78, 5) is 14.7. The zero-order chi connectivity index (χ0) is 12.6. The van der Waals surface area contributed by atoms with Gasteiger partial charge in [0.2, 0.25) is 5.91 Å². The van der Waals surface area contributed by atoms with E-state index in [1.165, 1.54) is 5.56 Å². The normalized spacial score (nSPS) is 21.5. The standard InChI is InChI=1S/C15H20N2O.ClH/c1-12-3-2-4-13(11-12)17-10-7-15(14(17)18)5-8-16-9-6-15;/h2-4,11,16H,5-10H2,1H3;1H. The van der Waals surface area contributed by atoms with Gasteiger partial charge in [-0.3, -0.25) is 4.79 Å². The highest BCUT2D eigenvalue weighted by Crippen LogP contribution is 2.41. The van der Waals surface area contributed by atoms with E-state index in [1.54, 1.807) is 0 Å². The van der Waals surface area contributed by atoms with Crippen LogP contribution in [0.3, 0.4) is 0 Å². The molecular weight excluding hydrogens is 260 g/mol. The number of anilines is 1. The number of hydrogen-bond donors (Lipinski definition) is 1. The van der Waals surface area contributed by atoms with Crippen molar-refractivity contribution in [3.05, 3.63) is 29.8 Å². The number of carbonyl (C=O) groups excluding carboxylic acids is 1. The second kappa shape index (κ2) is 5.51. The van der Waals surface area contributed by atoms with Crippen molar-refractivity contribution >= 4 is 24.0 Å². The van der Waals surface area contributed by atoms with Gasteiger partial charge in [-0.15, -0.1) is 12.4 Å². The van der Waals surface area contributed by atoms with Crippen LogP contribution in [0.1, 0.15) is 24.8 Å². The molecule has 0 aliphatic carbocycles. The number of amides is 1. The molecule has 19 heavy (non-hydrogen) atoms. The second-order valence-electron chi connectivity index (χ2n) is 5.58. The van der Waals surface area contributed by atoms with Crippen LogP contribution in [0, 0.1) is 12.3 Å². The topological polar surface area (TPSA) is 32.3 Å². The third kappa shape index (κ3) is 2.49. The Balaban J connectivity index is 0.00000133. The molecule has 104 valence electrons. The Morgan fingerprint density at radius 2 is 1.95 bits per heavy atom. The first kappa shape index (κ1) is 14.4. The fourth-order valence-corrected chi connectivity index (χ4v) is 3.23. The molecule has 1 aromatic carbocycles. The Labute approximate surface area is 120 Å². The van der Waals surface area contributed by atoms with Crippen molar-refractivity contribution in [2.24, 2.45) is 5.41 Å². The fraction of sp³-hybridized carbons (Fsp3) is 0.533. The molecule has 0 aromatic heterocycles. The molecule has 1 N–H and O–H groups in total. The average Bonchev–Trinajstić information content (AvgIpc) is 2.68. The molecule has 2 fully saturated rings. The van der Waals surface area contributed by atoms with Gasteiger partial charge < -0.3 is 10.2 Å². The summed E-state index contributed by atoms with van der Waals surface area (Å²) in [6.07, 6.45) is 3.00. The maximum Gasteiger partial charge on any atom is 0.233 e. The predicted octanol–water partition coefficient (Wildman–Crippen LogP) is 2.52. The lowest BCUT2D eigenvalue weighted by Crippen LogP contribution is -2.42. The number of nitrogens with one attached hydrogen (secondary N) is 1. The lowest BCUT2D eigenvalue weighted by atomic mass is 9.78. The molecule has 0 saturated carbocycles. The van der Waals surface area contributed by atoms with Crippen molar-refractivity contribution in [1.82, 2.24) is 5.32 Å². The first-order valence-electron chi connectivity index (χ1n) is 6.81. The fourth-order valence-electron chi connectivity index (χ4n) is 3.23. The Morgan fingerprint density at radius 3 is 2.63 bits per heavy atom. The number of rotatable bonds is 1. The van der Waals surface area contributed by atoms with E-state index in [-0.39, 0.29) is 17.8 Å². The van der Waals surface area contributed by atoms with Gasteiger partial charge in [-0.2, -0.15) is 0 Å². The Morgan fingerprint density at radius 1 is 1.21 bits per heavy atom. The van der Waals surface area contributed by atoms with Crippen molar-refractivity contribution in [2.75, 3.05) is 24.5 Å². The van der Waals surface area contributed by atoms with Gasteiger partial charge in [-0.05, 0) is 57.0 Å². The molecule has 4 heteroatoms. The van der Waals surface area contributed by atoms with Gasteiger partial charge in [0.1, 0.15) is 0 Å². The van der Waals surface area contributed by atoms with Crippen molar-refractivity contribution in [2.45, 2.75) is 26.2 Å². The van der Waals surface area contributed by atoms with Crippen LogP contribution in [-0.4, -0.2) is 25.5 Å². The molecule has 0 atom stereocenters. The van der Waals surface area contributed by atoms with Crippen molar-refractivity contribution in [3.8, 4) is 0 Å². The maximum absolute atomic E-state index is 12.7. The predicted molar refractivity (Wildman–Crippen MR) is 79.9 cm³/mol. The van der Waals surface area contributed by atoms with Gasteiger partial charge in [0, 0.05) is 12.2 Å². The maximum atomic E-state index is 12.7. The third-order valence-electron chi connectivity index (χ3n) is 4.39. The SMILES string of the molecule is Cc1cccc(N2CCC3(CCNCC3)C2=O)c1.Cl. The molecule has 3 nitrogen and oxygen atoms in total. The van der Waals surface area contributed by atoms with E-state index in [0.29, 0.717) is 5.91 Å². The quantitative estimate of drug-likeness (QED) is 0.857. The zero-order valence-electron chi connectivity index (χ0n) is 11.3. The van der Waals surface area contributed by atoms with Crippen molar-refractivity contribution in [1.29, 1.82) is 0 Å². The summed E-state index contributed by atoms with van der Waals surface area (Å²) in [5.74, 6) is 0.342. The minimum Gasteiger partial charge on any atom is -0.317 e. The minimum atomic E-state index is -0.0744. The number of carbonyl (C=O) groups is 1. The highest BCUT2D eigenvalue weighted by Gasteiger charge is 2.47. The number of nitrogens with zero attached hydrogens (tertiary/aromatic N) is 1. The Bertz CT molecular complexity index is 469. The molecule has 1 amide bonds. The van der Waals surface area contributed by atoms with Crippen LogP contribution in [0.4, 0.5) is 5.69 Å². The van der Waals surface area contributed by atoms with Gasteiger partial charge in [-0.25, -0.2) is 0 Å². The average molecular weight is 281 g/mol. The summed E-state index contributed by atoms with van der Waals surface area (Å²) >= 11 is 0. The zero-order valence-corrected chi connectivity index (χ0v) is 12.1. The number of aryl methyl sites for hydroxylation is 1. The van der Waals surface area contributed by atoms with Crippen molar-refractivity contribution < 1.29 is 4.79 Å². The van der Waals surface area contributed by atoms with Gasteiger partial charge in [0.05, 0.1) is 5.41 Å². The van der Waals surface area contributed by atoms with Gasteiger partial charge in [0.25, 0.3) is 0 Å². The second-order valence-corrected chi connectivity index (χ2v) is 5.58. The summed E-state index contributed by atoms with van der Waals surface area (Å²) in [5.41, 5.74) is 2.21. The Hall–Kier alpha value is -1.06. The minimum absolute atomic E-state index is 0. The van der Waals surface area contributed by atoms with Crippen LogP contribution < -0.4 is 10.2 Å². The van der Waals surface area contributed by atoms with E-state index in [1.807, 2.05) is 17.0 Å². The van der Waals surface area contributed by atoms with Gasteiger partial charge in [-0.1, -0.05) is 12.1 Å². The largest absolute Gasteiger partial charge is 0.317 e. The van der Waals surface area contributed by atoms with Crippen LogP contribution >= 0.6 is 12.4 Å². The molecular formula is C15H21ClN2O. The number of hydrogen-bond acceptors (Lipinski definition) is 2. The lowest BCUT2D eigenvalue weighted by molar-refractivity contribution is -0.126. The van der Waals surface area contributed by atoms with E-state index in [0.717, 1.165) is 44.6 Å². The first-order chi connectivity index (χ1) is 8.71. The van der Waals surface area contributed by atoms with Gasteiger partial charge >= 0.3 is 0 Å². The smallest absolute Gasteiger partial charge is 0.233 e. The van der Waals surface area contributed by atoms with E-state index >= 15 is 0 Å². The molecule has 1 aromatic rings. The van der Waals surface area contributed by atoms with Gasteiger partial charge in [0.15, 0.2) is 0 Å². The molecule has 0 radical (unpaired) electrons. The van der Waals surface area contributed by atoms with E-state index < -0.39 is 0 Å². The van der Waals surface area contributed by atoms with E-state index in [9.17, 15) is 4.79 Å². The van der Waals surface area contributed by atoms with Crippen LogP contribution in [0.25, 0.3) is 0 Å². The highest BCUT2D eigenvalue weighted by molar-refractivity contribution is 6.00. The molecule has 2 aliphatic heterocycles. The third-order valence-corrected chi connectivity index (χ3v) is 4.39. The molecule has 2 aliphatic rings. The van der Waals surface area contributed by atoms with Crippen LogP contribution in [0.5, 0.6) is 0 Å². The molecule has 1 spiro atoms. The Kier molecular flexibility index (Phi) is 4.16. The van der Waals surface area contributed by atoms with E-state index in [4.69, 9.17) is 0 Å². The summed E-state index contributed by atoms with van der Waals surface area (Å²) in [5, 5.41) is 3.35.